The minimum atomic E-state index is 0.596. The van der Waals surface area contributed by atoms with Crippen LogP contribution in [0.1, 0.15) is 32.3 Å². The minimum Gasteiger partial charge on any atom is -0.497 e. The Hall–Kier alpha value is -1.02. The highest BCUT2D eigenvalue weighted by Crippen LogP contribution is 2.20. The van der Waals surface area contributed by atoms with Crippen molar-refractivity contribution in [3.8, 4) is 5.75 Å². The molecule has 0 aliphatic heterocycles. The van der Waals surface area contributed by atoms with E-state index in [4.69, 9.17) is 10.5 Å². The highest BCUT2D eigenvalue weighted by molar-refractivity contribution is 5.27. The molecule has 0 aliphatic carbocycles. The summed E-state index contributed by atoms with van der Waals surface area (Å²) >= 11 is 0. The van der Waals surface area contributed by atoms with Crippen molar-refractivity contribution in [3.05, 3.63) is 29.8 Å². The molecule has 0 fully saturated rings. The van der Waals surface area contributed by atoms with Crippen LogP contribution in [0.5, 0.6) is 5.75 Å². The van der Waals surface area contributed by atoms with Crippen molar-refractivity contribution in [2.75, 3.05) is 13.7 Å². The first-order chi connectivity index (χ1) is 8.19. The van der Waals surface area contributed by atoms with Gasteiger partial charge in [0.2, 0.25) is 0 Å². The molecule has 2 unspecified atom stereocenters. The van der Waals surface area contributed by atoms with Gasteiger partial charge in [-0.2, -0.15) is 0 Å². The summed E-state index contributed by atoms with van der Waals surface area (Å²) in [5, 5.41) is 0. The Morgan fingerprint density at radius 2 is 1.88 bits per heavy atom. The van der Waals surface area contributed by atoms with Gasteiger partial charge in [-0.05, 0) is 48.9 Å². The SMILES string of the molecule is CCC(C)CC(CN)Cc1ccc(OC)cc1. The summed E-state index contributed by atoms with van der Waals surface area (Å²) in [6.07, 6.45) is 3.53. The van der Waals surface area contributed by atoms with E-state index in [1.54, 1.807) is 7.11 Å². The van der Waals surface area contributed by atoms with Crippen molar-refractivity contribution < 1.29 is 4.74 Å². The first kappa shape index (κ1) is 14.0. The fourth-order valence-corrected chi connectivity index (χ4v) is 2.09. The number of hydrogen-bond donors (Lipinski definition) is 1. The fourth-order valence-electron chi connectivity index (χ4n) is 2.09. The standard InChI is InChI=1S/C15H25NO/c1-4-12(2)9-14(11-16)10-13-5-7-15(17-3)8-6-13/h5-8,12,14H,4,9-11,16H2,1-3H3. The number of nitrogens with two attached hydrogens (primary N) is 1. The molecule has 0 spiro atoms. The summed E-state index contributed by atoms with van der Waals surface area (Å²) in [4.78, 5) is 0. The van der Waals surface area contributed by atoms with E-state index in [1.165, 1.54) is 18.4 Å². The van der Waals surface area contributed by atoms with Crippen LogP contribution in [0.2, 0.25) is 0 Å². The van der Waals surface area contributed by atoms with Crippen molar-refractivity contribution in [3.63, 3.8) is 0 Å². The molecule has 2 atom stereocenters. The molecular weight excluding hydrogens is 210 g/mol. The Morgan fingerprint density at radius 1 is 1.24 bits per heavy atom. The average molecular weight is 235 g/mol. The van der Waals surface area contributed by atoms with Gasteiger partial charge in [0.15, 0.2) is 0 Å². The number of ether oxygens (including phenoxy) is 1. The van der Waals surface area contributed by atoms with Gasteiger partial charge in [-0.15, -0.1) is 0 Å². The molecule has 1 aromatic rings. The zero-order valence-electron chi connectivity index (χ0n) is 11.3. The lowest BCUT2D eigenvalue weighted by Crippen LogP contribution is -2.19. The lowest BCUT2D eigenvalue weighted by molar-refractivity contribution is 0.386. The van der Waals surface area contributed by atoms with Gasteiger partial charge in [0.25, 0.3) is 0 Å². The smallest absolute Gasteiger partial charge is 0.118 e. The molecule has 0 radical (unpaired) electrons. The summed E-state index contributed by atoms with van der Waals surface area (Å²) in [5.41, 5.74) is 7.21. The number of rotatable bonds is 7. The molecule has 0 saturated heterocycles. The second kappa shape index (κ2) is 7.33. The average Bonchev–Trinajstić information content (AvgIpc) is 2.38. The van der Waals surface area contributed by atoms with Crippen LogP contribution in [0.15, 0.2) is 24.3 Å². The van der Waals surface area contributed by atoms with E-state index >= 15 is 0 Å². The Bertz CT molecular complexity index is 307. The molecule has 0 aromatic heterocycles. The minimum absolute atomic E-state index is 0.596. The van der Waals surface area contributed by atoms with Crippen LogP contribution in [0.25, 0.3) is 0 Å². The van der Waals surface area contributed by atoms with Crippen molar-refractivity contribution >= 4 is 0 Å². The lowest BCUT2D eigenvalue weighted by Gasteiger charge is -2.18. The van der Waals surface area contributed by atoms with Gasteiger partial charge in [-0.3, -0.25) is 0 Å². The van der Waals surface area contributed by atoms with Crippen molar-refractivity contribution in [2.45, 2.75) is 33.1 Å². The third kappa shape index (κ3) is 4.78. The predicted octanol–water partition coefficient (Wildman–Crippen LogP) is 3.25. The molecule has 17 heavy (non-hydrogen) atoms. The van der Waals surface area contributed by atoms with Gasteiger partial charge in [0.1, 0.15) is 5.75 Å². The Balaban J connectivity index is 2.54. The van der Waals surface area contributed by atoms with Crippen LogP contribution in [0, 0.1) is 11.8 Å². The molecular formula is C15H25NO. The van der Waals surface area contributed by atoms with E-state index in [-0.39, 0.29) is 0 Å². The molecule has 2 nitrogen and oxygen atoms in total. The second-order valence-electron chi connectivity index (χ2n) is 4.90. The molecule has 1 aromatic carbocycles. The molecule has 0 heterocycles. The first-order valence-corrected chi connectivity index (χ1v) is 6.52. The Labute approximate surface area is 105 Å². The molecule has 0 saturated carbocycles. The van der Waals surface area contributed by atoms with Gasteiger partial charge < -0.3 is 10.5 Å². The van der Waals surface area contributed by atoms with Crippen molar-refractivity contribution in [1.82, 2.24) is 0 Å². The van der Waals surface area contributed by atoms with E-state index in [9.17, 15) is 0 Å². The molecule has 0 bridgehead atoms. The molecule has 2 heteroatoms. The van der Waals surface area contributed by atoms with E-state index in [0.29, 0.717) is 5.92 Å². The maximum Gasteiger partial charge on any atom is 0.118 e. The maximum atomic E-state index is 5.85. The molecule has 0 amide bonds. The van der Waals surface area contributed by atoms with Crippen LogP contribution < -0.4 is 10.5 Å². The zero-order valence-corrected chi connectivity index (χ0v) is 11.3. The number of benzene rings is 1. The second-order valence-corrected chi connectivity index (χ2v) is 4.90. The monoisotopic (exact) mass is 235 g/mol. The van der Waals surface area contributed by atoms with E-state index in [0.717, 1.165) is 24.6 Å². The Kier molecular flexibility index (Phi) is 6.06. The van der Waals surface area contributed by atoms with Crippen LogP contribution in [0.3, 0.4) is 0 Å². The van der Waals surface area contributed by atoms with E-state index < -0.39 is 0 Å². The summed E-state index contributed by atoms with van der Waals surface area (Å²) in [5.74, 6) is 2.28. The van der Waals surface area contributed by atoms with E-state index in [1.807, 2.05) is 12.1 Å². The van der Waals surface area contributed by atoms with Gasteiger partial charge in [0.05, 0.1) is 7.11 Å². The van der Waals surface area contributed by atoms with Crippen molar-refractivity contribution in [2.24, 2.45) is 17.6 Å². The fraction of sp³-hybridized carbons (Fsp3) is 0.600. The summed E-state index contributed by atoms with van der Waals surface area (Å²) in [7, 11) is 1.70. The largest absolute Gasteiger partial charge is 0.497 e. The van der Waals surface area contributed by atoms with Gasteiger partial charge >= 0.3 is 0 Å². The highest BCUT2D eigenvalue weighted by Gasteiger charge is 2.11. The first-order valence-electron chi connectivity index (χ1n) is 6.52. The lowest BCUT2D eigenvalue weighted by atomic mass is 9.89. The summed E-state index contributed by atoms with van der Waals surface area (Å²) in [6.45, 7) is 5.32. The van der Waals surface area contributed by atoms with Crippen LogP contribution in [-0.4, -0.2) is 13.7 Å². The predicted molar refractivity (Wildman–Crippen MR) is 73.3 cm³/mol. The maximum absolute atomic E-state index is 5.85. The summed E-state index contributed by atoms with van der Waals surface area (Å²) in [6, 6.07) is 8.31. The Morgan fingerprint density at radius 3 is 2.35 bits per heavy atom. The quantitative estimate of drug-likeness (QED) is 0.787. The van der Waals surface area contributed by atoms with Gasteiger partial charge in [0, 0.05) is 0 Å². The van der Waals surface area contributed by atoms with E-state index in [2.05, 4.69) is 26.0 Å². The molecule has 2 N–H and O–H groups in total. The molecule has 96 valence electrons. The van der Waals surface area contributed by atoms with Crippen LogP contribution >= 0.6 is 0 Å². The van der Waals surface area contributed by atoms with Gasteiger partial charge in [-0.1, -0.05) is 32.4 Å². The number of methoxy groups -OCH3 is 1. The zero-order chi connectivity index (χ0) is 12.7. The molecule has 0 aliphatic rings. The third-order valence-electron chi connectivity index (χ3n) is 3.45. The van der Waals surface area contributed by atoms with Gasteiger partial charge in [-0.25, -0.2) is 0 Å². The topological polar surface area (TPSA) is 35.2 Å². The highest BCUT2D eigenvalue weighted by atomic mass is 16.5. The van der Waals surface area contributed by atoms with Crippen LogP contribution in [-0.2, 0) is 6.42 Å². The normalized spacial score (nSPS) is 14.4. The number of hydrogen-bond acceptors (Lipinski definition) is 2. The summed E-state index contributed by atoms with van der Waals surface area (Å²) < 4.78 is 5.16. The molecule has 1 rings (SSSR count). The van der Waals surface area contributed by atoms with Crippen LogP contribution in [0.4, 0.5) is 0 Å². The van der Waals surface area contributed by atoms with Crippen molar-refractivity contribution in [1.29, 1.82) is 0 Å². The third-order valence-corrected chi connectivity index (χ3v) is 3.45.